The van der Waals surface area contributed by atoms with Gasteiger partial charge in [0, 0.05) is 5.56 Å². The van der Waals surface area contributed by atoms with E-state index in [0.717, 1.165) is 62.5 Å². The quantitative estimate of drug-likeness (QED) is 0.0927. The first-order valence-electron chi connectivity index (χ1n) is 13.7. The standard InChI is InChI=1S/C31H42N2O4/c1-6-10-12-24(8-3)22-36-30-21-29(33(34)35)31(37-23-25(9-4)13-11-7-2)20-27(30)17-14-26-15-18-28(32-5)19-16-26/h14-21,24-25H,6-13,22-23H2,1-4H3/b17-14+. The second-order valence-electron chi connectivity index (χ2n) is 9.61. The van der Waals surface area contributed by atoms with Crippen LogP contribution in [0.1, 0.15) is 90.2 Å². The van der Waals surface area contributed by atoms with Crippen LogP contribution in [0.15, 0.2) is 36.4 Å². The number of ether oxygens (including phenoxy) is 2. The Morgan fingerprint density at radius 2 is 1.46 bits per heavy atom. The summed E-state index contributed by atoms with van der Waals surface area (Å²) in [6.45, 7) is 16.7. The fourth-order valence-electron chi connectivity index (χ4n) is 4.14. The van der Waals surface area contributed by atoms with Gasteiger partial charge in [0.2, 0.25) is 0 Å². The van der Waals surface area contributed by atoms with Crippen molar-refractivity contribution < 1.29 is 14.4 Å². The van der Waals surface area contributed by atoms with E-state index in [0.29, 0.717) is 36.5 Å². The normalized spacial score (nSPS) is 12.7. The predicted octanol–water partition coefficient (Wildman–Crippen LogP) is 9.51. The van der Waals surface area contributed by atoms with Gasteiger partial charge in [-0.15, -0.1) is 0 Å². The molecule has 200 valence electrons. The molecule has 0 bridgehead atoms. The average molecular weight is 507 g/mol. The van der Waals surface area contributed by atoms with Crippen molar-refractivity contribution in [1.82, 2.24) is 0 Å². The largest absolute Gasteiger partial charge is 0.492 e. The number of unbranched alkanes of at least 4 members (excludes halogenated alkanes) is 2. The summed E-state index contributed by atoms with van der Waals surface area (Å²) in [6, 6.07) is 10.5. The molecule has 0 spiro atoms. The van der Waals surface area contributed by atoms with Crippen LogP contribution in [-0.4, -0.2) is 18.1 Å². The summed E-state index contributed by atoms with van der Waals surface area (Å²) in [5, 5.41) is 12.0. The molecule has 2 aromatic rings. The molecule has 37 heavy (non-hydrogen) atoms. The first-order chi connectivity index (χ1) is 17.9. The van der Waals surface area contributed by atoms with Crippen LogP contribution in [0.2, 0.25) is 0 Å². The molecule has 0 aromatic heterocycles. The van der Waals surface area contributed by atoms with Crippen molar-refractivity contribution >= 4 is 23.5 Å². The Labute approximate surface area is 222 Å². The van der Waals surface area contributed by atoms with Crippen molar-refractivity contribution in [2.24, 2.45) is 11.8 Å². The van der Waals surface area contributed by atoms with Gasteiger partial charge in [-0.2, -0.15) is 0 Å². The van der Waals surface area contributed by atoms with Crippen LogP contribution >= 0.6 is 0 Å². The molecule has 0 aliphatic carbocycles. The smallest absolute Gasteiger partial charge is 0.314 e. The lowest BCUT2D eigenvalue weighted by Gasteiger charge is -2.19. The molecule has 2 atom stereocenters. The molecule has 2 unspecified atom stereocenters. The molecular weight excluding hydrogens is 464 g/mol. The van der Waals surface area contributed by atoms with Crippen molar-refractivity contribution in [2.45, 2.75) is 79.1 Å². The number of benzene rings is 2. The first-order valence-corrected chi connectivity index (χ1v) is 13.7. The van der Waals surface area contributed by atoms with Gasteiger partial charge < -0.3 is 9.47 Å². The van der Waals surface area contributed by atoms with Gasteiger partial charge in [-0.1, -0.05) is 103 Å². The lowest BCUT2D eigenvalue weighted by Crippen LogP contribution is -2.13. The van der Waals surface area contributed by atoms with Crippen molar-refractivity contribution in [3.8, 4) is 11.5 Å². The van der Waals surface area contributed by atoms with Gasteiger partial charge in [0.25, 0.3) is 0 Å². The molecule has 0 radical (unpaired) electrons. The minimum Gasteiger partial charge on any atom is -0.492 e. The van der Waals surface area contributed by atoms with E-state index in [2.05, 4.69) is 32.5 Å². The van der Waals surface area contributed by atoms with Gasteiger partial charge in [-0.25, -0.2) is 4.85 Å². The van der Waals surface area contributed by atoms with Crippen LogP contribution in [0, 0.1) is 28.5 Å². The molecule has 0 aliphatic heterocycles. The minimum atomic E-state index is -0.389. The van der Waals surface area contributed by atoms with E-state index in [1.165, 1.54) is 6.07 Å². The average Bonchev–Trinajstić information content (AvgIpc) is 2.92. The number of hydrogen-bond donors (Lipinski definition) is 0. The molecular formula is C31H42N2O4. The first kappa shape index (κ1) is 29.9. The third-order valence-electron chi connectivity index (χ3n) is 6.80. The third-order valence-corrected chi connectivity index (χ3v) is 6.80. The summed E-state index contributed by atoms with van der Waals surface area (Å²) >= 11 is 0. The maximum absolute atomic E-state index is 12.0. The monoisotopic (exact) mass is 506 g/mol. The van der Waals surface area contributed by atoms with Crippen LogP contribution in [0.3, 0.4) is 0 Å². The fourth-order valence-corrected chi connectivity index (χ4v) is 4.14. The van der Waals surface area contributed by atoms with Gasteiger partial charge in [-0.05, 0) is 36.3 Å². The highest BCUT2D eigenvalue weighted by atomic mass is 16.6. The molecule has 0 saturated carbocycles. The number of nitrogens with zero attached hydrogens (tertiary/aromatic N) is 2. The van der Waals surface area contributed by atoms with Crippen molar-refractivity contribution in [1.29, 1.82) is 0 Å². The maximum atomic E-state index is 12.0. The molecule has 0 aliphatic rings. The van der Waals surface area contributed by atoms with Crippen LogP contribution in [0.5, 0.6) is 11.5 Å². The van der Waals surface area contributed by atoms with Crippen molar-refractivity contribution in [3.63, 3.8) is 0 Å². The third kappa shape index (κ3) is 9.92. The summed E-state index contributed by atoms with van der Waals surface area (Å²) in [7, 11) is 0. The topological polar surface area (TPSA) is 66.0 Å². The Bertz CT molecular complexity index is 1040. The van der Waals surface area contributed by atoms with E-state index in [-0.39, 0.29) is 16.4 Å². The van der Waals surface area contributed by atoms with Crippen molar-refractivity contribution in [3.05, 3.63) is 69.1 Å². The van der Waals surface area contributed by atoms with Crippen molar-refractivity contribution in [2.75, 3.05) is 13.2 Å². The zero-order valence-electron chi connectivity index (χ0n) is 22.9. The Hall–Kier alpha value is -3.33. The second kappa shape index (κ2) is 16.4. The number of rotatable bonds is 17. The number of nitro benzene ring substituents is 1. The molecule has 2 aromatic carbocycles. The molecule has 0 saturated heterocycles. The summed E-state index contributed by atoms with van der Waals surface area (Å²) in [5.41, 5.74) is 2.18. The molecule has 0 N–H and O–H groups in total. The van der Waals surface area contributed by atoms with Crippen LogP contribution in [0.4, 0.5) is 11.4 Å². The van der Waals surface area contributed by atoms with E-state index in [1.807, 2.05) is 24.3 Å². The Balaban J connectivity index is 2.39. The lowest BCUT2D eigenvalue weighted by atomic mass is 10.0. The second-order valence-corrected chi connectivity index (χ2v) is 9.61. The zero-order chi connectivity index (χ0) is 27.0. The van der Waals surface area contributed by atoms with E-state index in [9.17, 15) is 10.1 Å². The highest BCUT2D eigenvalue weighted by Gasteiger charge is 2.21. The maximum Gasteiger partial charge on any atom is 0.314 e. The SMILES string of the molecule is [C-]#[N+]c1ccc(/C=C/c2cc(OCC(CC)CCCC)c([N+](=O)[O-])cc2OCC(CC)CCCC)cc1. The lowest BCUT2D eigenvalue weighted by molar-refractivity contribution is -0.386. The van der Waals surface area contributed by atoms with Gasteiger partial charge >= 0.3 is 5.69 Å². The van der Waals surface area contributed by atoms with E-state index in [4.69, 9.17) is 16.0 Å². The van der Waals surface area contributed by atoms with Crippen LogP contribution < -0.4 is 9.47 Å². The van der Waals surface area contributed by atoms with Crippen LogP contribution in [0.25, 0.3) is 17.0 Å². The summed E-state index contributed by atoms with van der Waals surface area (Å²) in [5.74, 6) is 1.52. The van der Waals surface area contributed by atoms with E-state index in [1.54, 1.807) is 18.2 Å². The number of hydrogen-bond acceptors (Lipinski definition) is 4. The summed E-state index contributed by atoms with van der Waals surface area (Å²) in [6.07, 6.45) is 12.4. The molecule has 6 heteroatoms. The Kier molecular flexibility index (Phi) is 13.3. The van der Waals surface area contributed by atoms with Gasteiger partial charge in [-0.3, -0.25) is 10.1 Å². The van der Waals surface area contributed by atoms with Gasteiger partial charge in [0.15, 0.2) is 11.4 Å². The van der Waals surface area contributed by atoms with Gasteiger partial charge in [0.05, 0.1) is 30.8 Å². The fraction of sp³-hybridized carbons (Fsp3) is 0.516. The van der Waals surface area contributed by atoms with E-state index >= 15 is 0 Å². The van der Waals surface area contributed by atoms with E-state index < -0.39 is 0 Å². The Morgan fingerprint density at radius 1 is 0.892 bits per heavy atom. The highest BCUT2D eigenvalue weighted by molar-refractivity contribution is 5.75. The molecule has 0 fully saturated rings. The highest BCUT2D eigenvalue weighted by Crippen LogP contribution is 2.37. The number of nitro groups is 1. The molecule has 6 nitrogen and oxygen atoms in total. The van der Waals surface area contributed by atoms with Crippen LogP contribution in [-0.2, 0) is 0 Å². The predicted molar refractivity (Wildman–Crippen MR) is 152 cm³/mol. The minimum absolute atomic E-state index is 0.0690. The molecule has 2 rings (SSSR count). The summed E-state index contributed by atoms with van der Waals surface area (Å²) < 4.78 is 12.3. The zero-order valence-corrected chi connectivity index (χ0v) is 22.9. The molecule has 0 amide bonds. The van der Waals surface area contributed by atoms with Gasteiger partial charge in [0.1, 0.15) is 5.75 Å². The summed E-state index contributed by atoms with van der Waals surface area (Å²) in [4.78, 5) is 15.0. The molecule has 0 heterocycles. The Morgan fingerprint density at radius 3 is 1.95 bits per heavy atom.